The third kappa shape index (κ3) is 3.95. The van der Waals surface area contributed by atoms with Crippen molar-refractivity contribution in [1.82, 2.24) is 0 Å². The van der Waals surface area contributed by atoms with Crippen LogP contribution in [0.1, 0.15) is 0 Å². The van der Waals surface area contributed by atoms with Crippen LogP contribution in [-0.4, -0.2) is 94.6 Å². The molecule has 1 aliphatic rings. The molecule has 0 radical (unpaired) electrons. The Morgan fingerprint density at radius 3 is 1.09 bits per heavy atom. The first-order valence-corrected chi connectivity index (χ1v) is 6.63. The van der Waals surface area contributed by atoms with Crippen LogP contribution in [0, 0.1) is 0 Å². The molecule has 194 valence electrons. The molecule has 2 atom stereocenters. The predicted octanol–water partition coefficient (Wildman–Crippen LogP) is 4.59. The van der Waals surface area contributed by atoms with Gasteiger partial charge in [0.1, 0.15) is 0 Å². The Labute approximate surface area is 188 Å². The quantitative estimate of drug-likeness (QED) is 0.400. The van der Waals surface area contributed by atoms with Crippen molar-refractivity contribution < 1.29 is 98.0 Å². The number of rotatable bonds is 5. The molecule has 33 heavy (non-hydrogen) atoms. The van der Waals surface area contributed by atoms with Gasteiger partial charge in [-0.25, -0.2) is 0 Å². The van der Waals surface area contributed by atoms with Gasteiger partial charge in [0, 0.05) is 0 Å². The Hall–Kier alpha value is -0.450. The zero-order chi connectivity index (χ0) is 26.4. The van der Waals surface area contributed by atoms with Crippen LogP contribution in [0.3, 0.4) is 0 Å². The fourth-order valence-corrected chi connectivity index (χ4v) is 1.98. The molecule has 23 heteroatoms. The van der Waals surface area contributed by atoms with Gasteiger partial charge in [0.25, 0.3) is 0 Å². The van der Waals surface area contributed by atoms with Gasteiger partial charge in [0.2, 0.25) is 0 Å². The molecule has 1 rings (SSSR count). The molecule has 0 bridgehead atoms. The first-order chi connectivity index (χ1) is 13.4. The normalized spacial score (nSPS) is 28.0. The zero-order valence-electron chi connectivity index (χ0n) is 13.4. The third-order valence-corrected chi connectivity index (χ3v) is 3.64. The molecule has 1 fully saturated rings. The molecular formula is C10H2F19NaO3. The number of alkyl halides is 19. The Balaban J connectivity index is 0.0000102. The van der Waals surface area contributed by atoms with E-state index >= 15 is 0 Å². The van der Waals surface area contributed by atoms with Crippen molar-refractivity contribution in [1.29, 1.82) is 0 Å². The Morgan fingerprint density at radius 1 is 0.515 bits per heavy atom. The van der Waals surface area contributed by atoms with E-state index in [4.69, 9.17) is 5.11 Å². The first kappa shape index (κ1) is 32.5. The fraction of sp³-hybridized carbons (Fsp3) is 1.00. The van der Waals surface area contributed by atoms with E-state index in [-0.39, 0.29) is 29.6 Å². The van der Waals surface area contributed by atoms with E-state index in [0.29, 0.717) is 0 Å². The van der Waals surface area contributed by atoms with Crippen LogP contribution in [0.2, 0.25) is 0 Å². The number of halogens is 19. The summed E-state index contributed by atoms with van der Waals surface area (Å²) in [6.07, 6.45) is -30.9. The van der Waals surface area contributed by atoms with Crippen LogP contribution in [0.4, 0.5) is 83.4 Å². The van der Waals surface area contributed by atoms with Crippen molar-refractivity contribution in [2.24, 2.45) is 0 Å². The second-order valence-corrected chi connectivity index (χ2v) is 5.77. The van der Waals surface area contributed by atoms with Gasteiger partial charge in [-0.3, -0.25) is 9.47 Å². The molecule has 1 saturated heterocycles. The van der Waals surface area contributed by atoms with Crippen LogP contribution in [0.5, 0.6) is 0 Å². The monoisotopic (exact) mass is 554 g/mol. The summed E-state index contributed by atoms with van der Waals surface area (Å²) in [7, 11) is 0. The summed E-state index contributed by atoms with van der Waals surface area (Å²) in [6, 6.07) is 0. The molecule has 0 aliphatic carbocycles. The van der Waals surface area contributed by atoms with Gasteiger partial charge in [-0.2, -0.15) is 83.4 Å². The summed E-state index contributed by atoms with van der Waals surface area (Å²) in [4.78, 5) is 0. The summed E-state index contributed by atoms with van der Waals surface area (Å²) in [5.41, 5.74) is 0. The van der Waals surface area contributed by atoms with Crippen LogP contribution in [-0.2, 0) is 9.47 Å². The average molecular weight is 554 g/mol. The summed E-state index contributed by atoms with van der Waals surface area (Å²) < 4.78 is 249. The molecule has 0 aromatic rings. The van der Waals surface area contributed by atoms with Crippen LogP contribution >= 0.6 is 0 Å². The number of ether oxygens (including phenoxy) is 2. The van der Waals surface area contributed by atoms with Gasteiger partial charge >= 0.3 is 89.5 Å². The number of hydrogen-bond acceptors (Lipinski definition) is 3. The van der Waals surface area contributed by atoms with Crippen LogP contribution < -0.4 is 0 Å². The summed E-state index contributed by atoms with van der Waals surface area (Å²) >= 11 is 0. The molecule has 0 aromatic heterocycles. The summed E-state index contributed by atoms with van der Waals surface area (Å²) in [5.74, 6) is -48.6. The second kappa shape index (κ2) is 7.77. The topological polar surface area (TPSA) is 38.7 Å². The summed E-state index contributed by atoms with van der Waals surface area (Å²) in [6.45, 7) is 0. The van der Waals surface area contributed by atoms with E-state index in [1.165, 1.54) is 0 Å². The van der Waals surface area contributed by atoms with Gasteiger partial charge < -0.3 is 5.11 Å². The van der Waals surface area contributed by atoms with Crippen LogP contribution in [0.15, 0.2) is 0 Å². The molecule has 2 unspecified atom stereocenters. The van der Waals surface area contributed by atoms with E-state index in [9.17, 15) is 83.4 Å². The van der Waals surface area contributed by atoms with Crippen molar-refractivity contribution in [2.45, 2.75) is 59.9 Å². The Kier molecular flexibility index (Phi) is 7.67. The third-order valence-electron chi connectivity index (χ3n) is 3.64. The van der Waals surface area contributed by atoms with Gasteiger partial charge in [-0.15, -0.1) is 0 Å². The second-order valence-electron chi connectivity index (χ2n) is 5.77. The molecule has 1 heterocycles. The molecule has 1 N–H and O–H groups in total. The molecular weight excluding hydrogens is 552 g/mol. The van der Waals surface area contributed by atoms with Crippen LogP contribution in [0.25, 0.3) is 0 Å². The van der Waals surface area contributed by atoms with Crippen molar-refractivity contribution in [3.05, 3.63) is 0 Å². The SMILES string of the molecule is OC(F)(F)C1(C(F)(F)C(F)(F)C(F)(F)F)OC(F)(F)C(F)(C(F)(F)C(F)(F)C(F)(F)F)O1.[NaH]. The maximum absolute atomic E-state index is 14.0. The van der Waals surface area contributed by atoms with Crippen molar-refractivity contribution in [3.8, 4) is 0 Å². The molecule has 3 nitrogen and oxygen atoms in total. The number of hydrogen-bond donors (Lipinski definition) is 1. The van der Waals surface area contributed by atoms with E-state index < -0.39 is 59.9 Å². The van der Waals surface area contributed by atoms with Crippen molar-refractivity contribution >= 4 is 29.6 Å². The van der Waals surface area contributed by atoms with Gasteiger partial charge in [-0.05, 0) is 0 Å². The van der Waals surface area contributed by atoms with E-state index in [1.54, 1.807) is 9.47 Å². The average Bonchev–Trinajstić information content (AvgIpc) is 2.73. The summed E-state index contributed by atoms with van der Waals surface area (Å²) in [5, 5.41) is 8.11. The van der Waals surface area contributed by atoms with Crippen molar-refractivity contribution in [2.75, 3.05) is 0 Å². The standard InChI is InChI=1S/C10HF19O3.Na.H/c11-1(12,3(15,16)7(20,21)22)5(19)10(28,29)32-6(31-5,9(26,27)30)2(13,14)4(17,18)8(23,24)25;;/h30H;;. The molecule has 0 amide bonds. The molecule has 0 saturated carbocycles. The van der Waals surface area contributed by atoms with Gasteiger partial charge in [-0.1, -0.05) is 0 Å². The minimum atomic E-state index is -8.35. The van der Waals surface area contributed by atoms with Gasteiger partial charge in [0.05, 0.1) is 0 Å². The molecule has 0 spiro atoms. The first-order valence-electron chi connectivity index (χ1n) is 6.63. The van der Waals surface area contributed by atoms with Gasteiger partial charge in [0.15, 0.2) is 0 Å². The van der Waals surface area contributed by atoms with E-state index in [2.05, 4.69) is 0 Å². The maximum atomic E-state index is 14.0. The molecule has 0 aromatic carbocycles. The Morgan fingerprint density at radius 2 is 0.818 bits per heavy atom. The fourth-order valence-electron chi connectivity index (χ4n) is 1.98. The van der Waals surface area contributed by atoms with E-state index in [0.717, 1.165) is 0 Å². The van der Waals surface area contributed by atoms with Crippen molar-refractivity contribution in [3.63, 3.8) is 0 Å². The molecule has 1 aliphatic heterocycles. The predicted molar refractivity (Wildman–Crippen MR) is 59.9 cm³/mol. The number of aliphatic hydroxyl groups is 1. The minimum absolute atomic E-state index is 0. The Bertz CT molecular complexity index is 738. The van der Waals surface area contributed by atoms with E-state index in [1.807, 2.05) is 0 Å². The zero-order valence-corrected chi connectivity index (χ0v) is 13.4.